The molecule has 0 fully saturated rings. The van der Waals surface area contributed by atoms with Crippen LogP contribution in [0.15, 0.2) is 60.8 Å². The van der Waals surface area contributed by atoms with E-state index >= 15 is 0 Å². The van der Waals surface area contributed by atoms with Crippen LogP contribution in [0.3, 0.4) is 0 Å². The number of nitrogens with zero attached hydrogens (tertiary/aromatic N) is 1. The molecule has 0 spiro atoms. The van der Waals surface area contributed by atoms with Crippen molar-refractivity contribution in [3.8, 4) is 5.75 Å². The van der Waals surface area contributed by atoms with Crippen molar-refractivity contribution in [1.82, 2.24) is 10.3 Å². The van der Waals surface area contributed by atoms with Gasteiger partial charge in [0.05, 0.1) is 7.11 Å². The summed E-state index contributed by atoms with van der Waals surface area (Å²) < 4.78 is 5.14. The second-order valence-electron chi connectivity index (χ2n) is 6.46. The highest BCUT2D eigenvalue weighted by atomic mass is 16.5. The van der Waals surface area contributed by atoms with Crippen molar-refractivity contribution in [2.45, 2.75) is 20.4 Å². The van der Waals surface area contributed by atoms with Crippen molar-refractivity contribution in [3.05, 3.63) is 83.2 Å². The first-order valence-electron chi connectivity index (χ1n) is 8.76. The second kappa shape index (κ2) is 8.36. The summed E-state index contributed by atoms with van der Waals surface area (Å²) >= 11 is 0. The number of ether oxygens (including phenoxy) is 1. The van der Waals surface area contributed by atoms with Gasteiger partial charge in [-0.1, -0.05) is 18.2 Å². The number of carbonyl (C=O) groups excluding carboxylic acids is 1. The Bertz CT molecular complexity index is 916. The molecule has 0 aliphatic carbocycles. The third kappa shape index (κ3) is 5.07. The molecule has 0 bridgehead atoms. The molecule has 2 N–H and O–H groups in total. The van der Waals surface area contributed by atoms with Gasteiger partial charge in [-0.3, -0.25) is 9.78 Å². The number of carbonyl (C=O) groups is 1. The van der Waals surface area contributed by atoms with Gasteiger partial charge in [-0.25, -0.2) is 0 Å². The van der Waals surface area contributed by atoms with Crippen molar-refractivity contribution >= 4 is 17.3 Å². The van der Waals surface area contributed by atoms with E-state index in [1.165, 1.54) is 11.1 Å². The molecule has 0 aliphatic heterocycles. The van der Waals surface area contributed by atoms with Gasteiger partial charge in [0.1, 0.15) is 11.4 Å². The molecule has 138 valence electrons. The molecule has 0 radical (unpaired) electrons. The Kier molecular flexibility index (Phi) is 5.71. The molecule has 0 saturated carbocycles. The van der Waals surface area contributed by atoms with Crippen LogP contribution in [0, 0.1) is 13.8 Å². The van der Waals surface area contributed by atoms with Crippen molar-refractivity contribution in [2.24, 2.45) is 0 Å². The number of pyridine rings is 1. The average molecular weight is 361 g/mol. The van der Waals surface area contributed by atoms with Gasteiger partial charge in [-0.05, 0) is 66.9 Å². The van der Waals surface area contributed by atoms with Crippen LogP contribution in [0.5, 0.6) is 5.75 Å². The van der Waals surface area contributed by atoms with E-state index in [2.05, 4.69) is 47.7 Å². The quantitative estimate of drug-likeness (QED) is 0.684. The fourth-order valence-electron chi connectivity index (χ4n) is 2.86. The maximum atomic E-state index is 12.4. The zero-order valence-electron chi connectivity index (χ0n) is 15.7. The van der Waals surface area contributed by atoms with E-state index in [0.29, 0.717) is 12.2 Å². The number of methoxy groups -OCH3 is 1. The van der Waals surface area contributed by atoms with Gasteiger partial charge in [0.2, 0.25) is 0 Å². The van der Waals surface area contributed by atoms with Crippen LogP contribution in [-0.4, -0.2) is 18.0 Å². The summed E-state index contributed by atoms with van der Waals surface area (Å²) in [5, 5.41) is 6.23. The highest BCUT2D eigenvalue weighted by Crippen LogP contribution is 2.20. The van der Waals surface area contributed by atoms with Gasteiger partial charge in [-0.2, -0.15) is 0 Å². The van der Waals surface area contributed by atoms with Gasteiger partial charge in [0.25, 0.3) is 5.91 Å². The number of nitrogens with one attached hydrogen (secondary N) is 2. The van der Waals surface area contributed by atoms with Crippen LogP contribution >= 0.6 is 0 Å². The lowest BCUT2D eigenvalue weighted by molar-refractivity contribution is 0.0946. The molecule has 2 aromatic carbocycles. The molecule has 1 aromatic heterocycles. The van der Waals surface area contributed by atoms with Gasteiger partial charge in [-0.15, -0.1) is 0 Å². The van der Waals surface area contributed by atoms with Crippen molar-refractivity contribution in [1.29, 1.82) is 0 Å². The highest BCUT2D eigenvalue weighted by molar-refractivity contribution is 5.93. The van der Waals surface area contributed by atoms with E-state index in [1.807, 2.05) is 30.3 Å². The van der Waals surface area contributed by atoms with E-state index in [-0.39, 0.29) is 5.91 Å². The summed E-state index contributed by atoms with van der Waals surface area (Å²) in [5.74, 6) is 0.576. The zero-order chi connectivity index (χ0) is 19.2. The second-order valence-corrected chi connectivity index (χ2v) is 6.46. The smallest absolute Gasteiger partial charge is 0.270 e. The van der Waals surface area contributed by atoms with Crippen LogP contribution < -0.4 is 15.4 Å². The summed E-state index contributed by atoms with van der Waals surface area (Å²) in [4.78, 5) is 16.6. The van der Waals surface area contributed by atoms with E-state index in [1.54, 1.807) is 19.4 Å². The molecule has 1 amide bonds. The summed E-state index contributed by atoms with van der Waals surface area (Å²) in [6, 6.07) is 17.4. The lowest BCUT2D eigenvalue weighted by atomic mass is 10.1. The highest BCUT2D eigenvalue weighted by Gasteiger charge is 2.08. The molecule has 0 unspecified atom stereocenters. The van der Waals surface area contributed by atoms with Crippen molar-refractivity contribution in [2.75, 3.05) is 12.4 Å². The molecule has 1 heterocycles. The van der Waals surface area contributed by atoms with E-state index in [0.717, 1.165) is 22.7 Å². The third-order valence-electron chi connectivity index (χ3n) is 4.12. The molecule has 0 atom stereocenters. The average Bonchev–Trinajstić information content (AvgIpc) is 2.66. The predicted octanol–water partition coefficient (Wildman–Crippen LogP) is 4.38. The molecule has 5 heteroatoms. The van der Waals surface area contributed by atoms with Crippen LogP contribution in [-0.2, 0) is 6.54 Å². The van der Waals surface area contributed by atoms with Crippen LogP contribution in [0.25, 0.3) is 0 Å². The number of aromatic nitrogens is 1. The number of hydrogen-bond donors (Lipinski definition) is 2. The van der Waals surface area contributed by atoms with Crippen LogP contribution in [0.4, 0.5) is 11.4 Å². The fraction of sp³-hybridized carbons (Fsp3) is 0.182. The number of hydrogen-bond acceptors (Lipinski definition) is 4. The Labute approximate surface area is 159 Å². The van der Waals surface area contributed by atoms with Gasteiger partial charge < -0.3 is 15.4 Å². The van der Waals surface area contributed by atoms with Gasteiger partial charge in [0.15, 0.2) is 0 Å². The van der Waals surface area contributed by atoms with E-state index < -0.39 is 0 Å². The van der Waals surface area contributed by atoms with Crippen LogP contribution in [0.1, 0.15) is 27.2 Å². The molecule has 5 nitrogen and oxygen atoms in total. The lowest BCUT2D eigenvalue weighted by Crippen LogP contribution is -2.23. The minimum atomic E-state index is -0.213. The normalized spacial score (nSPS) is 10.3. The minimum Gasteiger partial charge on any atom is -0.497 e. The summed E-state index contributed by atoms with van der Waals surface area (Å²) in [7, 11) is 1.63. The monoisotopic (exact) mass is 361 g/mol. The standard InChI is InChI=1S/C22H23N3O2/c1-15-10-16(2)12-19(11-15)25-18-8-9-23-21(13-18)22(26)24-14-17-4-6-20(27-3)7-5-17/h4-13H,14H2,1-3H3,(H,23,25)(H,24,26). The topological polar surface area (TPSA) is 63.2 Å². The molecule has 3 rings (SSSR count). The Morgan fingerprint density at radius 2 is 1.67 bits per heavy atom. The first kappa shape index (κ1) is 18.5. The van der Waals surface area contributed by atoms with E-state index in [4.69, 9.17) is 4.74 Å². The molecule has 27 heavy (non-hydrogen) atoms. The first-order chi connectivity index (χ1) is 13.0. The van der Waals surface area contributed by atoms with Gasteiger partial charge in [0, 0.05) is 24.1 Å². The molecular weight excluding hydrogens is 338 g/mol. The molecule has 0 aliphatic rings. The largest absolute Gasteiger partial charge is 0.497 e. The van der Waals surface area contributed by atoms with Gasteiger partial charge >= 0.3 is 0 Å². The number of rotatable bonds is 6. The summed E-state index contributed by atoms with van der Waals surface area (Å²) in [6.45, 7) is 4.55. The number of aryl methyl sites for hydroxylation is 2. The predicted molar refractivity (Wildman–Crippen MR) is 108 cm³/mol. The third-order valence-corrected chi connectivity index (χ3v) is 4.12. The maximum Gasteiger partial charge on any atom is 0.270 e. The molecular formula is C22H23N3O2. The lowest BCUT2D eigenvalue weighted by Gasteiger charge is -2.10. The van der Waals surface area contributed by atoms with E-state index in [9.17, 15) is 4.79 Å². The fourth-order valence-corrected chi connectivity index (χ4v) is 2.86. The molecule has 0 saturated heterocycles. The van der Waals surface area contributed by atoms with Crippen molar-refractivity contribution in [3.63, 3.8) is 0 Å². The van der Waals surface area contributed by atoms with Crippen molar-refractivity contribution < 1.29 is 9.53 Å². The first-order valence-corrected chi connectivity index (χ1v) is 8.76. The number of amides is 1. The number of benzene rings is 2. The molecule has 3 aromatic rings. The summed E-state index contributed by atoms with van der Waals surface area (Å²) in [5.41, 5.74) is 5.55. The Hall–Kier alpha value is -3.34. The SMILES string of the molecule is COc1ccc(CNC(=O)c2cc(Nc3cc(C)cc(C)c3)ccn2)cc1. The summed E-state index contributed by atoms with van der Waals surface area (Å²) in [6.07, 6.45) is 1.63. The Morgan fingerprint density at radius 1 is 0.963 bits per heavy atom. The Balaban J connectivity index is 1.65. The number of anilines is 2. The minimum absolute atomic E-state index is 0.213. The van der Waals surface area contributed by atoms with Crippen LogP contribution in [0.2, 0.25) is 0 Å². The Morgan fingerprint density at radius 3 is 2.33 bits per heavy atom. The maximum absolute atomic E-state index is 12.4. The zero-order valence-corrected chi connectivity index (χ0v) is 15.7.